The van der Waals surface area contributed by atoms with Crippen molar-refractivity contribution in [2.75, 3.05) is 0 Å². The van der Waals surface area contributed by atoms with Crippen molar-refractivity contribution in [3.05, 3.63) is 52.7 Å². The Kier molecular flexibility index (Phi) is 4.14. The Morgan fingerprint density at radius 1 is 1.33 bits per heavy atom. The van der Waals surface area contributed by atoms with Crippen LogP contribution in [0.1, 0.15) is 5.56 Å². The average molecular weight is 272 g/mol. The van der Waals surface area contributed by atoms with E-state index in [0.717, 1.165) is 0 Å². The molecule has 0 radical (unpaired) electrons. The minimum absolute atomic E-state index is 0.126. The molecular weight excluding hydrogens is 260 g/mol. The molecule has 12 heavy (non-hydrogen) atoms. The van der Waals surface area contributed by atoms with Crippen molar-refractivity contribution < 1.29 is 0 Å². The molecule has 0 unspecified atom stereocenters. The Balaban J connectivity index is 2.69. The molecule has 0 aliphatic heterocycles. The third kappa shape index (κ3) is 2.85. The first-order valence-corrected chi connectivity index (χ1v) is 6.35. The molecule has 0 spiro atoms. The van der Waals surface area contributed by atoms with Crippen molar-refractivity contribution in [2.45, 2.75) is 6.92 Å². The minimum atomic E-state index is -0.126. The summed E-state index contributed by atoms with van der Waals surface area (Å²) < 4.78 is 3.77. The van der Waals surface area contributed by atoms with E-state index in [2.05, 4.69) is 41.9 Å². The summed E-state index contributed by atoms with van der Waals surface area (Å²) in [6, 6.07) is 8.57. The summed E-state index contributed by atoms with van der Waals surface area (Å²) in [4.78, 5) is 0. The van der Waals surface area contributed by atoms with Gasteiger partial charge in [0.2, 0.25) is 0 Å². The zero-order chi connectivity index (χ0) is 8.81. The Morgan fingerprint density at radius 2 is 2.08 bits per heavy atom. The van der Waals surface area contributed by atoms with E-state index in [1.165, 1.54) is 9.17 Å². The Bertz CT molecular complexity index is 287. The van der Waals surface area contributed by atoms with Gasteiger partial charge in [-0.2, -0.15) is 0 Å². The Labute approximate surface area is 84.1 Å². The number of allylic oxidation sites excluding steroid dienone is 2. The predicted molar refractivity (Wildman–Crippen MR) is 55.9 cm³/mol. The van der Waals surface area contributed by atoms with Gasteiger partial charge in [0.15, 0.2) is 0 Å². The van der Waals surface area contributed by atoms with Crippen molar-refractivity contribution in [3.63, 3.8) is 0 Å². The zero-order valence-electron chi connectivity index (χ0n) is 7.16. The Morgan fingerprint density at radius 3 is 2.75 bits per heavy atom. The SMILES string of the molecule is C=C/C=C\[Te]c1ccccc1C. The molecule has 0 amide bonds. The molecular formula is C11H12Te. The molecule has 1 rings (SSSR count). The molecule has 1 heteroatoms. The molecule has 0 saturated carbocycles. The van der Waals surface area contributed by atoms with E-state index < -0.39 is 0 Å². The second-order valence-electron chi connectivity index (χ2n) is 2.45. The summed E-state index contributed by atoms with van der Waals surface area (Å²) in [6.07, 6.45) is 3.87. The van der Waals surface area contributed by atoms with Gasteiger partial charge in [0.25, 0.3) is 0 Å². The number of hydrogen-bond donors (Lipinski definition) is 0. The maximum absolute atomic E-state index is 3.65. The quantitative estimate of drug-likeness (QED) is 0.583. The van der Waals surface area contributed by atoms with Crippen LogP contribution in [0.4, 0.5) is 0 Å². The van der Waals surface area contributed by atoms with Crippen LogP contribution >= 0.6 is 0 Å². The molecule has 0 aromatic heterocycles. The summed E-state index contributed by atoms with van der Waals surface area (Å²) in [5.41, 5.74) is 1.41. The van der Waals surface area contributed by atoms with E-state index in [1.54, 1.807) is 0 Å². The predicted octanol–water partition coefficient (Wildman–Crippen LogP) is 2.02. The number of benzene rings is 1. The fraction of sp³-hybridized carbons (Fsp3) is 0.0909. The number of hydrogen-bond acceptors (Lipinski definition) is 0. The van der Waals surface area contributed by atoms with Crippen LogP contribution in [-0.4, -0.2) is 20.9 Å². The van der Waals surface area contributed by atoms with E-state index in [0.29, 0.717) is 0 Å². The van der Waals surface area contributed by atoms with Crippen LogP contribution in [0.25, 0.3) is 0 Å². The van der Waals surface area contributed by atoms with E-state index in [-0.39, 0.29) is 20.9 Å². The first-order valence-electron chi connectivity index (χ1n) is 3.84. The normalized spacial score (nSPS) is 10.4. The second kappa shape index (κ2) is 5.19. The van der Waals surface area contributed by atoms with Gasteiger partial charge in [0.1, 0.15) is 0 Å². The molecule has 0 atom stereocenters. The van der Waals surface area contributed by atoms with Gasteiger partial charge in [-0.15, -0.1) is 0 Å². The summed E-state index contributed by atoms with van der Waals surface area (Å²) in [5.74, 6) is 0. The van der Waals surface area contributed by atoms with Crippen molar-refractivity contribution >= 4 is 24.5 Å². The monoisotopic (exact) mass is 274 g/mol. The van der Waals surface area contributed by atoms with E-state index in [4.69, 9.17) is 0 Å². The van der Waals surface area contributed by atoms with Crippen LogP contribution in [0.5, 0.6) is 0 Å². The van der Waals surface area contributed by atoms with Crippen LogP contribution in [0, 0.1) is 6.92 Å². The van der Waals surface area contributed by atoms with Crippen LogP contribution in [0.2, 0.25) is 0 Å². The number of aryl methyl sites for hydroxylation is 1. The van der Waals surface area contributed by atoms with Crippen molar-refractivity contribution in [2.24, 2.45) is 0 Å². The molecule has 0 N–H and O–H groups in total. The summed E-state index contributed by atoms with van der Waals surface area (Å²) in [5, 5.41) is 0. The second-order valence-corrected chi connectivity index (χ2v) is 5.15. The zero-order valence-corrected chi connectivity index (χ0v) is 9.49. The van der Waals surface area contributed by atoms with Gasteiger partial charge >= 0.3 is 84.1 Å². The third-order valence-corrected chi connectivity index (χ3v) is 4.37. The number of rotatable bonds is 3. The summed E-state index contributed by atoms with van der Waals surface area (Å²) in [7, 11) is 0. The van der Waals surface area contributed by atoms with Crippen LogP contribution in [0.3, 0.4) is 0 Å². The maximum atomic E-state index is 3.65. The first kappa shape index (κ1) is 9.58. The summed E-state index contributed by atoms with van der Waals surface area (Å²) >= 11 is -0.126. The van der Waals surface area contributed by atoms with E-state index in [9.17, 15) is 0 Å². The van der Waals surface area contributed by atoms with Crippen molar-refractivity contribution in [1.82, 2.24) is 0 Å². The average Bonchev–Trinajstić information content (AvgIpc) is 2.09. The van der Waals surface area contributed by atoms with Gasteiger partial charge in [-0.1, -0.05) is 0 Å². The van der Waals surface area contributed by atoms with E-state index >= 15 is 0 Å². The fourth-order valence-corrected chi connectivity index (χ4v) is 2.99. The van der Waals surface area contributed by atoms with Gasteiger partial charge in [-0.3, -0.25) is 0 Å². The molecule has 0 aliphatic carbocycles. The van der Waals surface area contributed by atoms with Gasteiger partial charge in [-0.05, 0) is 0 Å². The Hall–Kier alpha value is -0.510. The molecule has 0 fully saturated rings. The van der Waals surface area contributed by atoms with Crippen molar-refractivity contribution in [3.8, 4) is 0 Å². The van der Waals surface area contributed by atoms with Crippen LogP contribution in [-0.2, 0) is 0 Å². The third-order valence-electron chi connectivity index (χ3n) is 1.50. The van der Waals surface area contributed by atoms with Gasteiger partial charge in [0, 0.05) is 0 Å². The van der Waals surface area contributed by atoms with E-state index in [1.807, 2.05) is 12.2 Å². The molecule has 0 bridgehead atoms. The van der Waals surface area contributed by atoms with Gasteiger partial charge in [-0.25, -0.2) is 0 Å². The molecule has 0 aliphatic rings. The molecule has 0 nitrogen and oxygen atoms in total. The molecule has 0 saturated heterocycles. The van der Waals surface area contributed by atoms with Gasteiger partial charge < -0.3 is 0 Å². The molecule has 1 aromatic carbocycles. The van der Waals surface area contributed by atoms with Crippen molar-refractivity contribution in [1.29, 1.82) is 0 Å². The topological polar surface area (TPSA) is 0 Å². The molecule has 0 heterocycles. The molecule has 62 valence electrons. The molecule has 1 aromatic rings. The van der Waals surface area contributed by atoms with Crippen LogP contribution in [0.15, 0.2) is 47.1 Å². The first-order chi connectivity index (χ1) is 5.84. The fourth-order valence-electron chi connectivity index (χ4n) is 0.857. The summed E-state index contributed by atoms with van der Waals surface area (Å²) in [6.45, 7) is 5.82. The van der Waals surface area contributed by atoms with Gasteiger partial charge in [0.05, 0.1) is 0 Å². The standard InChI is InChI=1S/C11H12Te/c1-3-4-9-12-11-8-6-5-7-10(11)2/h3-9H,1H2,2H3/b9-4-. The van der Waals surface area contributed by atoms with Crippen LogP contribution < -0.4 is 3.61 Å².